The lowest BCUT2D eigenvalue weighted by Crippen LogP contribution is -2.30. The zero-order valence-corrected chi connectivity index (χ0v) is 16.8. The first-order valence-corrected chi connectivity index (χ1v) is 10.4. The van der Waals surface area contributed by atoms with Crippen molar-refractivity contribution in [1.29, 1.82) is 0 Å². The van der Waals surface area contributed by atoms with Crippen LogP contribution >= 0.6 is 23.2 Å². The van der Waals surface area contributed by atoms with E-state index in [4.69, 9.17) is 23.2 Å². The Kier molecular flexibility index (Phi) is 5.89. The van der Waals surface area contributed by atoms with Crippen LogP contribution in [0, 0.1) is 0 Å². The standard InChI is InChI=1S/C19H17Cl2N3O2S/c1-2-24(15-6-4-3-5-7-15)27(25,26)16-9-11-19(22-13-16)23-18-12-14(20)8-10-17(18)21/h3-13H,2H2,1H3,(H,22,23). The monoisotopic (exact) mass is 421 g/mol. The largest absolute Gasteiger partial charge is 0.339 e. The van der Waals surface area contributed by atoms with E-state index in [1.165, 1.54) is 16.6 Å². The molecule has 1 heterocycles. The number of nitrogens with zero attached hydrogens (tertiary/aromatic N) is 2. The van der Waals surface area contributed by atoms with Crippen molar-refractivity contribution in [3.05, 3.63) is 76.9 Å². The Labute approximate surface area is 168 Å². The van der Waals surface area contributed by atoms with Gasteiger partial charge in [0.05, 0.1) is 16.4 Å². The van der Waals surface area contributed by atoms with Gasteiger partial charge in [-0.25, -0.2) is 13.4 Å². The molecule has 8 heteroatoms. The molecule has 0 spiro atoms. The lowest BCUT2D eigenvalue weighted by Gasteiger charge is -2.22. The van der Waals surface area contributed by atoms with Crippen LogP contribution in [0.1, 0.15) is 6.92 Å². The van der Waals surface area contributed by atoms with Gasteiger partial charge in [0, 0.05) is 17.8 Å². The van der Waals surface area contributed by atoms with Gasteiger partial charge in [0.2, 0.25) is 0 Å². The third-order valence-corrected chi connectivity index (χ3v) is 6.30. The van der Waals surface area contributed by atoms with Crippen LogP contribution in [0.4, 0.5) is 17.2 Å². The fourth-order valence-corrected chi connectivity index (χ4v) is 4.31. The Morgan fingerprint density at radius 3 is 2.41 bits per heavy atom. The van der Waals surface area contributed by atoms with Gasteiger partial charge >= 0.3 is 0 Å². The summed E-state index contributed by atoms with van der Waals surface area (Å²) in [4.78, 5) is 4.31. The summed E-state index contributed by atoms with van der Waals surface area (Å²) in [6.45, 7) is 2.10. The molecule has 0 saturated carbocycles. The minimum Gasteiger partial charge on any atom is -0.339 e. The molecule has 0 saturated heterocycles. The first-order chi connectivity index (χ1) is 12.9. The van der Waals surface area contributed by atoms with Gasteiger partial charge in [-0.3, -0.25) is 4.31 Å². The van der Waals surface area contributed by atoms with Crippen LogP contribution in [0.2, 0.25) is 10.0 Å². The molecule has 0 fully saturated rings. The third-order valence-electron chi connectivity index (χ3n) is 3.85. The second-order valence-corrected chi connectivity index (χ2v) is 8.34. The van der Waals surface area contributed by atoms with Gasteiger partial charge in [-0.1, -0.05) is 41.4 Å². The second-order valence-electron chi connectivity index (χ2n) is 5.63. The molecule has 0 aliphatic rings. The molecule has 0 aliphatic carbocycles. The molecule has 1 aromatic heterocycles. The van der Waals surface area contributed by atoms with Crippen molar-refractivity contribution in [2.75, 3.05) is 16.2 Å². The van der Waals surface area contributed by atoms with Crippen LogP contribution in [0.15, 0.2) is 71.8 Å². The van der Waals surface area contributed by atoms with Crippen molar-refractivity contribution in [1.82, 2.24) is 4.98 Å². The van der Waals surface area contributed by atoms with Crippen molar-refractivity contribution in [3.63, 3.8) is 0 Å². The number of hydrogen-bond acceptors (Lipinski definition) is 4. The van der Waals surface area contributed by atoms with Gasteiger partial charge in [-0.15, -0.1) is 0 Å². The van der Waals surface area contributed by atoms with E-state index in [-0.39, 0.29) is 4.90 Å². The predicted octanol–water partition coefficient (Wildman–Crippen LogP) is 5.35. The highest BCUT2D eigenvalue weighted by molar-refractivity contribution is 7.92. The summed E-state index contributed by atoms with van der Waals surface area (Å²) in [5, 5.41) is 4.05. The number of anilines is 3. The number of benzene rings is 2. The number of halogens is 2. The van der Waals surface area contributed by atoms with E-state index in [1.54, 1.807) is 55.5 Å². The van der Waals surface area contributed by atoms with Crippen molar-refractivity contribution in [3.8, 4) is 0 Å². The Balaban J connectivity index is 1.86. The van der Waals surface area contributed by atoms with Crippen molar-refractivity contribution < 1.29 is 8.42 Å². The number of rotatable bonds is 6. The zero-order chi connectivity index (χ0) is 19.4. The Morgan fingerprint density at radius 1 is 1.04 bits per heavy atom. The van der Waals surface area contributed by atoms with Crippen molar-refractivity contribution >= 4 is 50.4 Å². The van der Waals surface area contributed by atoms with Gasteiger partial charge in [0.15, 0.2) is 0 Å². The summed E-state index contributed by atoms with van der Waals surface area (Å²) in [5.41, 5.74) is 1.19. The van der Waals surface area contributed by atoms with Crippen LogP contribution in [0.3, 0.4) is 0 Å². The average molecular weight is 422 g/mol. The van der Waals surface area contributed by atoms with Crippen LogP contribution in [-0.4, -0.2) is 19.9 Å². The molecule has 0 bridgehead atoms. The molecular weight excluding hydrogens is 405 g/mol. The molecule has 0 aliphatic heterocycles. The van der Waals surface area contributed by atoms with Crippen molar-refractivity contribution in [2.24, 2.45) is 0 Å². The minimum absolute atomic E-state index is 0.107. The van der Waals surface area contributed by atoms with E-state index < -0.39 is 10.0 Å². The van der Waals surface area contributed by atoms with Crippen molar-refractivity contribution in [2.45, 2.75) is 11.8 Å². The van der Waals surface area contributed by atoms with Gasteiger partial charge in [0.25, 0.3) is 10.0 Å². The molecule has 2 aromatic carbocycles. The van der Waals surface area contributed by atoms with E-state index >= 15 is 0 Å². The number of pyridine rings is 1. The quantitative estimate of drug-likeness (QED) is 0.582. The highest BCUT2D eigenvalue weighted by Crippen LogP contribution is 2.28. The normalized spacial score (nSPS) is 11.2. The van der Waals surface area contributed by atoms with E-state index in [2.05, 4.69) is 10.3 Å². The zero-order valence-electron chi connectivity index (χ0n) is 14.4. The Bertz CT molecular complexity index is 1030. The molecule has 140 valence electrons. The lowest BCUT2D eigenvalue weighted by molar-refractivity contribution is 0.591. The summed E-state index contributed by atoms with van der Waals surface area (Å²) in [5.74, 6) is 0.459. The highest BCUT2D eigenvalue weighted by Gasteiger charge is 2.23. The summed E-state index contributed by atoms with van der Waals surface area (Å²) in [6, 6.07) is 17.1. The second kappa shape index (κ2) is 8.17. The minimum atomic E-state index is -3.71. The molecule has 0 amide bonds. The maximum absolute atomic E-state index is 13.0. The number of nitrogens with one attached hydrogen (secondary N) is 1. The molecule has 3 rings (SSSR count). The molecule has 27 heavy (non-hydrogen) atoms. The smallest absolute Gasteiger partial charge is 0.265 e. The van der Waals surface area contributed by atoms with Crippen LogP contribution < -0.4 is 9.62 Å². The third kappa shape index (κ3) is 4.35. The van der Waals surface area contributed by atoms with E-state index in [1.807, 2.05) is 6.07 Å². The van der Waals surface area contributed by atoms with E-state index in [0.29, 0.717) is 33.8 Å². The first kappa shape index (κ1) is 19.5. The van der Waals surface area contributed by atoms with Gasteiger partial charge in [-0.2, -0.15) is 0 Å². The molecule has 1 N–H and O–H groups in total. The molecular formula is C19H17Cl2N3O2S. The maximum atomic E-state index is 13.0. The summed E-state index contributed by atoms with van der Waals surface area (Å²) < 4.78 is 27.3. The SMILES string of the molecule is CCN(c1ccccc1)S(=O)(=O)c1ccc(Nc2cc(Cl)ccc2Cl)nc1. The number of hydrogen-bond donors (Lipinski definition) is 1. The predicted molar refractivity (Wildman–Crippen MR) is 111 cm³/mol. The van der Waals surface area contributed by atoms with Crippen LogP contribution in [-0.2, 0) is 10.0 Å². The summed E-state index contributed by atoms with van der Waals surface area (Å²) in [6.07, 6.45) is 1.32. The van der Waals surface area contributed by atoms with Crippen LogP contribution in [0.5, 0.6) is 0 Å². The fourth-order valence-electron chi connectivity index (χ4n) is 2.55. The molecule has 0 radical (unpaired) electrons. The lowest BCUT2D eigenvalue weighted by atomic mass is 10.3. The number of aromatic nitrogens is 1. The first-order valence-electron chi connectivity index (χ1n) is 8.17. The number of para-hydroxylation sites is 1. The molecule has 3 aromatic rings. The molecule has 0 unspecified atom stereocenters. The topological polar surface area (TPSA) is 62.3 Å². The molecule has 0 atom stereocenters. The number of sulfonamides is 1. The highest BCUT2D eigenvalue weighted by atomic mass is 35.5. The van der Waals surface area contributed by atoms with Gasteiger partial charge < -0.3 is 5.32 Å². The van der Waals surface area contributed by atoms with Crippen LogP contribution in [0.25, 0.3) is 0 Å². The van der Waals surface area contributed by atoms with Gasteiger partial charge in [0.1, 0.15) is 10.7 Å². The maximum Gasteiger partial charge on any atom is 0.265 e. The average Bonchev–Trinajstić information content (AvgIpc) is 2.66. The fraction of sp³-hybridized carbons (Fsp3) is 0.105. The van der Waals surface area contributed by atoms with E-state index in [0.717, 1.165) is 0 Å². The van der Waals surface area contributed by atoms with Gasteiger partial charge in [-0.05, 0) is 49.4 Å². The summed E-state index contributed by atoms with van der Waals surface area (Å²) in [7, 11) is -3.71. The summed E-state index contributed by atoms with van der Waals surface area (Å²) >= 11 is 12.1. The van der Waals surface area contributed by atoms with E-state index in [9.17, 15) is 8.42 Å². The Morgan fingerprint density at radius 2 is 1.78 bits per heavy atom. The Hall–Kier alpha value is -2.28. The molecule has 5 nitrogen and oxygen atoms in total.